The van der Waals surface area contributed by atoms with Gasteiger partial charge in [-0.2, -0.15) is 9.97 Å². The summed E-state index contributed by atoms with van der Waals surface area (Å²) in [5, 5.41) is 10.7. The Morgan fingerprint density at radius 2 is 1.89 bits per heavy atom. The summed E-state index contributed by atoms with van der Waals surface area (Å²) >= 11 is 6.00. The third-order valence-electron chi connectivity index (χ3n) is 6.81. The maximum absolute atomic E-state index is 13.4. The number of carbonyl (C=O) groups is 1. The third kappa shape index (κ3) is 6.51. The van der Waals surface area contributed by atoms with Crippen LogP contribution < -0.4 is 16.0 Å². The van der Waals surface area contributed by atoms with E-state index in [4.69, 9.17) is 16.6 Å². The fraction of sp³-hybridized carbons (Fsp3) is 0.462. The normalized spacial score (nSPS) is 17.1. The Kier molecular flexibility index (Phi) is 7.47. The molecule has 2 fully saturated rings. The van der Waals surface area contributed by atoms with Crippen LogP contribution in [0, 0.1) is 11.8 Å². The zero-order chi connectivity index (χ0) is 24.0. The minimum Gasteiger partial charge on any atom is -0.358 e. The summed E-state index contributed by atoms with van der Waals surface area (Å²) in [6.45, 7) is 1.32. The lowest BCUT2D eigenvalue weighted by Gasteiger charge is -2.30. The zero-order valence-corrected chi connectivity index (χ0v) is 20.5. The number of imidazole rings is 1. The van der Waals surface area contributed by atoms with Gasteiger partial charge in [0, 0.05) is 36.6 Å². The molecule has 1 unspecified atom stereocenters. The molecule has 0 spiro atoms. The number of hydrogen-bond donors (Lipinski definition) is 3. The van der Waals surface area contributed by atoms with E-state index in [1.807, 2.05) is 41.1 Å². The van der Waals surface area contributed by atoms with Crippen molar-refractivity contribution in [1.29, 1.82) is 0 Å². The summed E-state index contributed by atoms with van der Waals surface area (Å²) in [7, 11) is 0. The molecule has 9 heteroatoms. The van der Waals surface area contributed by atoms with E-state index in [-0.39, 0.29) is 17.9 Å². The van der Waals surface area contributed by atoms with Crippen molar-refractivity contribution in [2.45, 2.75) is 57.5 Å². The Labute approximate surface area is 210 Å². The van der Waals surface area contributed by atoms with E-state index < -0.39 is 0 Å². The van der Waals surface area contributed by atoms with Gasteiger partial charge >= 0.3 is 0 Å². The molecule has 3 aromatic rings. The summed E-state index contributed by atoms with van der Waals surface area (Å²) < 4.78 is 1.85. The lowest BCUT2D eigenvalue weighted by Crippen LogP contribution is -2.45. The molecule has 2 aliphatic rings. The van der Waals surface area contributed by atoms with E-state index in [1.165, 1.54) is 19.3 Å². The molecule has 1 atom stereocenters. The first-order chi connectivity index (χ1) is 17.1. The molecule has 8 nitrogen and oxygen atoms in total. The van der Waals surface area contributed by atoms with Crippen LogP contribution in [0.25, 0.3) is 5.82 Å². The number of rotatable bonds is 10. The van der Waals surface area contributed by atoms with Crippen molar-refractivity contribution < 1.29 is 4.79 Å². The van der Waals surface area contributed by atoms with Gasteiger partial charge in [0.15, 0.2) is 0 Å². The molecule has 2 aromatic heterocycles. The van der Waals surface area contributed by atoms with Crippen molar-refractivity contribution in [3.63, 3.8) is 0 Å². The second-order valence-electron chi connectivity index (χ2n) is 9.59. The molecule has 184 valence electrons. The fourth-order valence-corrected chi connectivity index (χ4v) is 4.72. The summed E-state index contributed by atoms with van der Waals surface area (Å²) in [6, 6.07) is 9.07. The number of hydrogen-bond acceptors (Lipinski definition) is 6. The van der Waals surface area contributed by atoms with Crippen LogP contribution in [0.5, 0.6) is 0 Å². The van der Waals surface area contributed by atoms with Crippen LogP contribution in [0.3, 0.4) is 0 Å². The molecule has 3 N–H and O–H groups in total. The molecule has 35 heavy (non-hydrogen) atoms. The van der Waals surface area contributed by atoms with Crippen molar-refractivity contribution in [3.8, 4) is 5.82 Å². The van der Waals surface area contributed by atoms with Gasteiger partial charge in [-0.3, -0.25) is 9.36 Å². The molecule has 2 heterocycles. The zero-order valence-electron chi connectivity index (χ0n) is 19.8. The highest BCUT2D eigenvalue weighted by atomic mass is 35.5. The molecule has 0 bridgehead atoms. The number of nitrogens with one attached hydrogen (secondary N) is 3. The highest BCUT2D eigenvalue weighted by Gasteiger charge is 2.30. The summed E-state index contributed by atoms with van der Waals surface area (Å²) in [5.74, 6) is 2.85. The van der Waals surface area contributed by atoms with E-state index in [2.05, 4.69) is 25.9 Å². The predicted molar refractivity (Wildman–Crippen MR) is 138 cm³/mol. The van der Waals surface area contributed by atoms with Crippen LogP contribution in [-0.4, -0.2) is 38.0 Å². The summed E-state index contributed by atoms with van der Waals surface area (Å²) in [4.78, 5) is 27.0. The van der Waals surface area contributed by atoms with Crippen LogP contribution >= 0.6 is 11.6 Å². The maximum atomic E-state index is 13.4. The van der Waals surface area contributed by atoms with Crippen molar-refractivity contribution in [2.24, 2.45) is 11.8 Å². The van der Waals surface area contributed by atoms with Gasteiger partial charge < -0.3 is 16.0 Å². The van der Waals surface area contributed by atoms with Crippen LogP contribution in [0.15, 0.2) is 49.1 Å². The quantitative estimate of drug-likeness (QED) is 0.375. The van der Waals surface area contributed by atoms with Gasteiger partial charge in [-0.05, 0) is 55.2 Å². The minimum absolute atomic E-state index is 0.0119. The van der Waals surface area contributed by atoms with E-state index in [0.717, 1.165) is 37.8 Å². The molecular formula is C26H32ClN7O. The average Bonchev–Trinajstić information content (AvgIpc) is 3.56. The standard InChI is InChI=1S/C26H32ClN7O/c27-21-10-8-19(9-11-21)15-29-25(35)24(20-4-2-1-3-5-20)31-22-14-23(34-13-12-28-17-34)33-26(32-22)30-16-18-6-7-18/h8-14,17-18,20,24H,1-7,15-16H2,(H,29,35)(H2,30,31,32,33). The first-order valence-corrected chi connectivity index (χ1v) is 12.9. The number of benzene rings is 1. The van der Waals surface area contributed by atoms with Gasteiger partial charge in [0.05, 0.1) is 0 Å². The van der Waals surface area contributed by atoms with E-state index in [1.54, 1.807) is 12.5 Å². The molecule has 0 saturated heterocycles. The molecule has 2 aliphatic carbocycles. The largest absolute Gasteiger partial charge is 0.358 e. The lowest BCUT2D eigenvalue weighted by atomic mass is 9.83. The van der Waals surface area contributed by atoms with E-state index in [0.29, 0.717) is 35.1 Å². The monoisotopic (exact) mass is 493 g/mol. The van der Waals surface area contributed by atoms with Crippen molar-refractivity contribution in [2.75, 3.05) is 17.2 Å². The maximum Gasteiger partial charge on any atom is 0.243 e. The van der Waals surface area contributed by atoms with Gasteiger partial charge in [0.1, 0.15) is 24.0 Å². The Morgan fingerprint density at radius 1 is 1.09 bits per heavy atom. The van der Waals surface area contributed by atoms with E-state index >= 15 is 0 Å². The van der Waals surface area contributed by atoms with Crippen LogP contribution in [-0.2, 0) is 11.3 Å². The Morgan fingerprint density at radius 3 is 2.60 bits per heavy atom. The second-order valence-corrected chi connectivity index (χ2v) is 10.0. The molecule has 1 aromatic carbocycles. The predicted octanol–water partition coefficient (Wildman–Crippen LogP) is 4.81. The van der Waals surface area contributed by atoms with Gasteiger partial charge in [0.25, 0.3) is 0 Å². The molecule has 1 amide bonds. The van der Waals surface area contributed by atoms with Crippen molar-refractivity contribution in [1.82, 2.24) is 24.8 Å². The fourth-order valence-electron chi connectivity index (χ4n) is 4.60. The van der Waals surface area contributed by atoms with Crippen LogP contribution in [0.2, 0.25) is 5.02 Å². The Balaban J connectivity index is 1.36. The first-order valence-electron chi connectivity index (χ1n) is 12.5. The highest BCUT2D eigenvalue weighted by molar-refractivity contribution is 6.30. The number of anilines is 2. The molecule has 2 saturated carbocycles. The number of carbonyl (C=O) groups excluding carboxylic acids is 1. The van der Waals surface area contributed by atoms with Crippen LogP contribution in [0.1, 0.15) is 50.5 Å². The lowest BCUT2D eigenvalue weighted by molar-refractivity contribution is -0.123. The molecule has 0 radical (unpaired) electrons. The van der Waals surface area contributed by atoms with Gasteiger partial charge in [-0.25, -0.2) is 4.98 Å². The first kappa shape index (κ1) is 23.6. The average molecular weight is 494 g/mol. The van der Waals surface area contributed by atoms with Gasteiger partial charge in [-0.1, -0.05) is 43.0 Å². The van der Waals surface area contributed by atoms with Gasteiger partial charge in [0.2, 0.25) is 11.9 Å². The highest BCUT2D eigenvalue weighted by Crippen LogP contribution is 2.30. The van der Waals surface area contributed by atoms with Gasteiger partial charge in [-0.15, -0.1) is 0 Å². The topological polar surface area (TPSA) is 96.8 Å². The minimum atomic E-state index is -0.371. The Hall–Kier alpha value is -3.13. The van der Waals surface area contributed by atoms with Crippen molar-refractivity contribution >= 4 is 29.3 Å². The third-order valence-corrected chi connectivity index (χ3v) is 7.07. The molecule has 5 rings (SSSR count). The SMILES string of the molecule is O=C(NCc1ccc(Cl)cc1)C(Nc1cc(-n2ccnc2)nc(NCC2CC2)n1)C1CCCCC1. The molecular weight excluding hydrogens is 462 g/mol. The summed E-state index contributed by atoms with van der Waals surface area (Å²) in [6.07, 6.45) is 13.4. The number of amides is 1. The van der Waals surface area contributed by atoms with Crippen LogP contribution in [0.4, 0.5) is 11.8 Å². The second kappa shape index (κ2) is 11.1. The van der Waals surface area contributed by atoms with Crippen molar-refractivity contribution in [3.05, 3.63) is 59.6 Å². The Bertz CT molecular complexity index is 1110. The smallest absolute Gasteiger partial charge is 0.243 e. The number of aromatic nitrogens is 4. The number of halogens is 1. The van der Waals surface area contributed by atoms with E-state index in [9.17, 15) is 4.79 Å². The molecule has 0 aliphatic heterocycles. The number of nitrogens with zero attached hydrogens (tertiary/aromatic N) is 4. The summed E-state index contributed by atoms with van der Waals surface area (Å²) in [5.41, 5.74) is 1.01.